The van der Waals surface area contributed by atoms with E-state index in [4.69, 9.17) is 5.26 Å². The summed E-state index contributed by atoms with van der Waals surface area (Å²) in [5, 5.41) is 22.2. The highest BCUT2D eigenvalue weighted by molar-refractivity contribution is 5.80. The highest BCUT2D eigenvalue weighted by Crippen LogP contribution is 2.19. The van der Waals surface area contributed by atoms with Gasteiger partial charge in [-0.3, -0.25) is 9.78 Å². The maximum atomic E-state index is 12.1. The van der Waals surface area contributed by atoms with Gasteiger partial charge in [0.05, 0.1) is 23.5 Å². The minimum Gasteiger partial charge on any atom is -0.290 e. The number of hydrazone groups is 1. The van der Waals surface area contributed by atoms with Gasteiger partial charge in [0.25, 0.3) is 5.56 Å². The molecule has 0 saturated carbocycles. The first-order valence-electron chi connectivity index (χ1n) is 7.60. The SMILES string of the molecule is N#Cc1cccc(C=NNc2nc(-c3ccccc3)c(C#N)c(=O)[nH]2)c1. The Kier molecular flexibility index (Phi) is 4.83. The van der Waals surface area contributed by atoms with E-state index >= 15 is 0 Å². The summed E-state index contributed by atoms with van der Waals surface area (Å²) in [5.41, 5.74) is 4.20. The zero-order chi connectivity index (χ0) is 18.4. The molecule has 0 fully saturated rings. The number of nitrogens with one attached hydrogen (secondary N) is 2. The van der Waals surface area contributed by atoms with Crippen molar-refractivity contribution in [3.05, 3.63) is 81.6 Å². The number of benzene rings is 2. The predicted octanol–water partition coefficient (Wildman–Crippen LogP) is 2.63. The number of H-pyrrole nitrogens is 1. The van der Waals surface area contributed by atoms with Gasteiger partial charge >= 0.3 is 0 Å². The molecule has 1 heterocycles. The van der Waals surface area contributed by atoms with Gasteiger partial charge in [0, 0.05) is 5.56 Å². The Labute approximate surface area is 148 Å². The van der Waals surface area contributed by atoms with E-state index in [0.29, 0.717) is 11.1 Å². The summed E-state index contributed by atoms with van der Waals surface area (Å²) in [6.45, 7) is 0. The van der Waals surface area contributed by atoms with E-state index in [0.717, 1.165) is 5.56 Å². The van der Waals surface area contributed by atoms with Gasteiger partial charge in [0.15, 0.2) is 0 Å². The van der Waals surface area contributed by atoms with Gasteiger partial charge in [-0.2, -0.15) is 15.6 Å². The van der Waals surface area contributed by atoms with Crippen LogP contribution in [0, 0.1) is 22.7 Å². The van der Waals surface area contributed by atoms with Crippen molar-refractivity contribution < 1.29 is 0 Å². The third kappa shape index (κ3) is 3.64. The minimum absolute atomic E-state index is 0.0625. The topological polar surface area (TPSA) is 118 Å². The molecule has 0 spiro atoms. The standard InChI is InChI=1S/C19H12N6O/c20-10-13-5-4-6-14(9-13)12-22-25-19-23-17(15-7-2-1-3-8-15)16(11-21)18(26)24-19/h1-9,12H,(H2,23,24,25,26). The molecular weight excluding hydrogens is 328 g/mol. The first-order chi connectivity index (χ1) is 12.7. The van der Waals surface area contributed by atoms with Crippen molar-refractivity contribution in [1.82, 2.24) is 9.97 Å². The van der Waals surface area contributed by atoms with E-state index < -0.39 is 5.56 Å². The largest absolute Gasteiger partial charge is 0.290 e. The van der Waals surface area contributed by atoms with E-state index in [1.54, 1.807) is 48.5 Å². The summed E-state index contributed by atoms with van der Waals surface area (Å²) in [6, 6.07) is 19.8. The first-order valence-corrected chi connectivity index (χ1v) is 7.60. The van der Waals surface area contributed by atoms with Crippen LogP contribution in [0.5, 0.6) is 0 Å². The lowest BCUT2D eigenvalue weighted by atomic mass is 10.1. The second-order valence-corrected chi connectivity index (χ2v) is 5.22. The molecule has 124 valence electrons. The number of aromatic amines is 1. The fourth-order valence-corrected chi connectivity index (χ4v) is 2.29. The summed E-state index contributed by atoms with van der Waals surface area (Å²) in [4.78, 5) is 18.9. The van der Waals surface area contributed by atoms with Gasteiger partial charge in [-0.1, -0.05) is 42.5 Å². The lowest BCUT2D eigenvalue weighted by Crippen LogP contribution is -2.16. The van der Waals surface area contributed by atoms with Crippen molar-refractivity contribution in [2.45, 2.75) is 0 Å². The summed E-state index contributed by atoms with van der Waals surface area (Å²) < 4.78 is 0. The maximum Gasteiger partial charge on any atom is 0.270 e. The smallest absolute Gasteiger partial charge is 0.270 e. The van der Waals surface area contributed by atoms with Crippen molar-refractivity contribution in [2.24, 2.45) is 5.10 Å². The van der Waals surface area contributed by atoms with Crippen LogP contribution in [0.4, 0.5) is 5.95 Å². The average molecular weight is 340 g/mol. The molecule has 0 saturated heterocycles. The predicted molar refractivity (Wildman–Crippen MR) is 97.4 cm³/mol. The van der Waals surface area contributed by atoms with Gasteiger partial charge < -0.3 is 0 Å². The molecule has 3 aromatic rings. The first kappa shape index (κ1) is 16.6. The third-order valence-electron chi connectivity index (χ3n) is 3.48. The molecule has 2 N–H and O–H groups in total. The van der Waals surface area contributed by atoms with Crippen molar-refractivity contribution in [3.8, 4) is 23.4 Å². The Morgan fingerprint density at radius 1 is 1.08 bits per heavy atom. The van der Waals surface area contributed by atoms with Gasteiger partial charge in [-0.05, 0) is 17.7 Å². The van der Waals surface area contributed by atoms with Crippen LogP contribution in [0.15, 0.2) is 64.5 Å². The molecule has 0 aliphatic rings. The molecule has 1 aromatic heterocycles. The molecule has 0 unspecified atom stereocenters. The number of rotatable bonds is 4. The Hall–Kier alpha value is -4.23. The van der Waals surface area contributed by atoms with Crippen molar-refractivity contribution in [1.29, 1.82) is 10.5 Å². The molecule has 3 rings (SSSR count). The lowest BCUT2D eigenvalue weighted by Gasteiger charge is -2.05. The Morgan fingerprint density at radius 3 is 2.62 bits per heavy atom. The van der Waals surface area contributed by atoms with E-state index in [9.17, 15) is 10.1 Å². The normalized spacial score (nSPS) is 10.2. The number of hydrogen-bond acceptors (Lipinski definition) is 6. The molecular formula is C19H12N6O. The number of aromatic nitrogens is 2. The Morgan fingerprint density at radius 2 is 1.88 bits per heavy atom. The number of anilines is 1. The van der Waals surface area contributed by atoms with Gasteiger partial charge in [-0.25, -0.2) is 10.4 Å². The van der Waals surface area contributed by atoms with Crippen molar-refractivity contribution in [2.75, 3.05) is 5.43 Å². The summed E-state index contributed by atoms with van der Waals surface area (Å²) in [5.74, 6) is 0.112. The number of nitriles is 2. The number of hydrogen-bond donors (Lipinski definition) is 2. The fourth-order valence-electron chi connectivity index (χ4n) is 2.29. The van der Waals surface area contributed by atoms with Crippen LogP contribution in [0.1, 0.15) is 16.7 Å². The van der Waals surface area contributed by atoms with Crippen molar-refractivity contribution in [3.63, 3.8) is 0 Å². The quantitative estimate of drug-likeness (QED) is 0.559. The maximum absolute atomic E-state index is 12.1. The van der Waals surface area contributed by atoms with Crippen LogP contribution in [0.3, 0.4) is 0 Å². The van der Waals surface area contributed by atoms with Crippen LogP contribution in [0.2, 0.25) is 0 Å². The van der Waals surface area contributed by atoms with E-state index in [1.165, 1.54) is 6.21 Å². The minimum atomic E-state index is -0.550. The zero-order valence-electron chi connectivity index (χ0n) is 13.5. The van der Waals surface area contributed by atoms with Gasteiger partial charge in [-0.15, -0.1) is 0 Å². The van der Waals surface area contributed by atoms with E-state index in [2.05, 4.69) is 20.5 Å². The molecule has 2 aromatic carbocycles. The summed E-state index contributed by atoms with van der Waals surface area (Å²) in [7, 11) is 0. The molecule has 0 radical (unpaired) electrons. The van der Waals surface area contributed by atoms with Gasteiger partial charge in [0.2, 0.25) is 5.95 Å². The van der Waals surface area contributed by atoms with Crippen LogP contribution in [-0.2, 0) is 0 Å². The fraction of sp³-hybridized carbons (Fsp3) is 0. The molecule has 26 heavy (non-hydrogen) atoms. The highest BCUT2D eigenvalue weighted by atomic mass is 16.1. The third-order valence-corrected chi connectivity index (χ3v) is 3.48. The number of nitrogens with zero attached hydrogens (tertiary/aromatic N) is 4. The second kappa shape index (κ2) is 7.56. The molecule has 0 amide bonds. The zero-order valence-corrected chi connectivity index (χ0v) is 13.5. The Bertz CT molecular complexity index is 1100. The van der Waals surface area contributed by atoms with Crippen LogP contribution >= 0.6 is 0 Å². The lowest BCUT2D eigenvalue weighted by molar-refractivity contribution is 1.08. The van der Waals surface area contributed by atoms with Crippen LogP contribution in [-0.4, -0.2) is 16.2 Å². The molecule has 0 bridgehead atoms. The second-order valence-electron chi connectivity index (χ2n) is 5.22. The molecule has 0 atom stereocenters. The summed E-state index contributed by atoms with van der Waals surface area (Å²) in [6.07, 6.45) is 1.50. The van der Waals surface area contributed by atoms with Crippen LogP contribution in [0.25, 0.3) is 11.3 Å². The Balaban J connectivity index is 1.91. The molecule has 0 aliphatic carbocycles. The summed E-state index contributed by atoms with van der Waals surface area (Å²) >= 11 is 0. The van der Waals surface area contributed by atoms with E-state index in [1.807, 2.05) is 18.2 Å². The van der Waals surface area contributed by atoms with E-state index in [-0.39, 0.29) is 17.2 Å². The molecule has 0 aliphatic heterocycles. The monoisotopic (exact) mass is 340 g/mol. The average Bonchev–Trinajstić information content (AvgIpc) is 2.68. The molecule has 7 heteroatoms. The van der Waals surface area contributed by atoms with Crippen LogP contribution < -0.4 is 11.0 Å². The molecule has 7 nitrogen and oxygen atoms in total. The highest BCUT2D eigenvalue weighted by Gasteiger charge is 2.12. The van der Waals surface area contributed by atoms with Crippen molar-refractivity contribution >= 4 is 12.2 Å². The van der Waals surface area contributed by atoms with Gasteiger partial charge in [0.1, 0.15) is 11.6 Å².